The number of benzene rings is 1. The maximum Gasteiger partial charge on any atom is 0.212 e. The standard InChI is InChI=1S/C28H44N2O6S2/c1-25(2)21-9-11-27(25,23(31)13-21)17-37(33,34)29-15-19-7-5-6-8-20(19)16-30-38(35,36)18-28-12-10-22(14-24(28)32)26(28,3)4/h5-8,21-24,29-32H,9-18H2,1-4H3/t21-,22-,23+,24+,27+,28+/m0/s1. The van der Waals surface area contributed by atoms with E-state index in [9.17, 15) is 27.0 Å². The Kier molecular flexibility index (Phi) is 6.93. The zero-order chi connectivity index (χ0) is 27.8. The minimum absolute atomic E-state index is 0.0492. The van der Waals surface area contributed by atoms with Crippen LogP contribution in [-0.2, 0) is 33.1 Å². The average molecular weight is 569 g/mol. The van der Waals surface area contributed by atoms with E-state index in [4.69, 9.17) is 0 Å². The first kappa shape index (κ1) is 28.5. The van der Waals surface area contributed by atoms with Gasteiger partial charge in [-0.2, -0.15) is 0 Å². The van der Waals surface area contributed by atoms with E-state index < -0.39 is 43.1 Å². The molecule has 5 rings (SSSR count). The van der Waals surface area contributed by atoms with Crippen LogP contribution < -0.4 is 9.44 Å². The van der Waals surface area contributed by atoms with Gasteiger partial charge in [-0.25, -0.2) is 26.3 Å². The molecule has 4 aliphatic rings. The zero-order valence-electron chi connectivity index (χ0n) is 23.0. The van der Waals surface area contributed by atoms with Crippen molar-refractivity contribution in [1.82, 2.24) is 9.44 Å². The van der Waals surface area contributed by atoms with Gasteiger partial charge in [-0.3, -0.25) is 0 Å². The Morgan fingerprint density at radius 3 is 1.39 bits per heavy atom. The molecule has 8 nitrogen and oxygen atoms in total. The first-order chi connectivity index (χ1) is 17.6. The molecule has 6 atom stereocenters. The maximum absolute atomic E-state index is 13.2. The number of hydrogen-bond acceptors (Lipinski definition) is 6. The lowest BCUT2D eigenvalue weighted by molar-refractivity contribution is 0.0150. The zero-order valence-corrected chi connectivity index (χ0v) is 24.7. The monoisotopic (exact) mass is 568 g/mol. The van der Waals surface area contributed by atoms with E-state index in [0.717, 1.165) is 12.8 Å². The summed E-state index contributed by atoms with van der Waals surface area (Å²) < 4.78 is 58.3. The van der Waals surface area contributed by atoms with Gasteiger partial charge in [-0.1, -0.05) is 52.0 Å². The largest absolute Gasteiger partial charge is 0.392 e. The van der Waals surface area contributed by atoms with Gasteiger partial charge < -0.3 is 10.2 Å². The second-order valence-corrected chi connectivity index (χ2v) is 17.3. The predicted molar refractivity (Wildman–Crippen MR) is 147 cm³/mol. The molecule has 4 N–H and O–H groups in total. The minimum atomic E-state index is -3.69. The van der Waals surface area contributed by atoms with Crippen molar-refractivity contribution >= 4 is 20.0 Å². The number of aliphatic hydroxyl groups excluding tert-OH is 2. The fourth-order valence-corrected chi connectivity index (χ4v) is 12.5. The van der Waals surface area contributed by atoms with Crippen LogP contribution >= 0.6 is 0 Å². The van der Waals surface area contributed by atoms with Crippen LogP contribution in [0, 0.1) is 33.5 Å². The molecule has 10 heteroatoms. The fourth-order valence-electron chi connectivity index (χ4n) is 8.82. The summed E-state index contributed by atoms with van der Waals surface area (Å²) in [4.78, 5) is 0. The molecule has 0 spiro atoms. The maximum atomic E-state index is 13.2. The van der Waals surface area contributed by atoms with E-state index in [1.807, 2.05) is 0 Å². The Bertz CT molecular complexity index is 1190. The van der Waals surface area contributed by atoms with Gasteiger partial charge in [0.1, 0.15) is 0 Å². The average Bonchev–Trinajstić information content (AvgIpc) is 3.35. The van der Waals surface area contributed by atoms with Crippen LogP contribution in [0.15, 0.2) is 24.3 Å². The molecule has 1 aromatic rings. The smallest absolute Gasteiger partial charge is 0.212 e. The fraction of sp³-hybridized carbons (Fsp3) is 0.786. The van der Waals surface area contributed by atoms with Gasteiger partial charge in [0.2, 0.25) is 20.0 Å². The van der Waals surface area contributed by atoms with E-state index in [1.165, 1.54) is 0 Å². The van der Waals surface area contributed by atoms with E-state index >= 15 is 0 Å². The van der Waals surface area contributed by atoms with Gasteiger partial charge in [0, 0.05) is 23.9 Å². The number of sulfonamides is 2. The molecule has 0 aromatic heterocycles. The van der Waals surface area contributed by atoms with Crippen molar-refractivity contribution in [2.75, 3.05) is 11.5 Å². The number of rotatable bonds is 10. The lowest BCUT2D eigenvalue weighted by Crippen LogP contribution is -2.47. The summed E-state index contributed by atoms with van der Waals surface area (Å²) >= 11 is 0. The van der Waals surface area contributed by atoms with Crippen molar-refractivity contribution in [3.8, 4) is 0 Å². The predicted octanol–water partition coefficient (Wildman–Crippen LogP) is 2.90. The second kappa shape index (κ2) is 9.24. The molecule has 0 amide bonds. The molecular weight excluding hydrogens is 524 g/mol. The molecule has 0 aliphatic heterocycles. The topological polar surface area (TPSA) is 133 Å². The first-order valence-electron chi connectivity index (χ1n) is 13.9. The third-order valence-corrected chi connectivity index (χ3v) is 14.7. The molecule has 0 heterocycles. The Hall–Kier alpha value is -1.04. The molecule has 38 heavy (non-hydrogen) atoms. The molecule has 0 saturated heterocycles. The highest BCUT2D eigenvalue weighted by Crippen LogP contribution is 2.67. The molecule has 4 saturated carbocycles. The highest BCUT2D eigenvalue weighted by molar-refractivity contribution is 7.89. The highest BCUT2D eigenvalue weighted by Gasteiger charge is 2.66. The summed E-state index contributed by atoms with van der Waals surface area (Å²) in [6, 6.07) is 7.21. The SMILES string of the molecule is CC1(C)[C@H]2CC[C@@]1(CS(=O)(=O)NCc1ccccc1CNS(=O)(=O)C[C@]13CC[C@@H](C[C@H]1O)C3(C)C)[C@H](O)C2. The molecule has 0 unspecified atom stereocenters. The Balaban J connectivity index is 1.24. The van der Waals surface area contributed by atoms with Crippen LogP contribution in [0.4, 0.5) is 0 Å². The summed E-state index contributed by atoms with van der Waals surface area (Å²) in [7, 11) is -7.38. The summed E-state index contributed by atoms with van der Waals surface area (Å²) in [6.45, 7) is 8.41. The number of aliphatic hydroxyl groups is 2. The second-order valence-electron chi connectivity index (χ2n) is 13.7. The van der Waals surface area contributed by atoms with Crippen molar-refractivity contribution in [1.29, 1.82) is 0 Å². The summed E-state index contributed by atoms with van der Waals surface area (Å²) in [5, 5.41) is 21.5. The first-order valence-corrected chi connectivity index (χ1v) is 17.2. The van der Waals surface area contributed by atoms with Gasteiger partial charge in [-0.05, 0) is 72.3 Å². The van der Waals surface area contributed by atoms with Gasteiger partial charge in [-0.15, -0.1) is 0 Å². The van der Waals surface area contributed by atoms with Crippen LogP contribution in [0.2, 0.25) is 0 Å². The normalized spacial score (nSPS) is 37.2. The Morgan fingerprint density at radius 1 is 0.737 bits per heavy atom. The molecule has 0 radical (unpaired) electrons. The summed E-state index contributed by atoms with van der Waals surface area (Å²) in [5.74, 6) is 0.459. The van der Waals surface area contributed by atoms with Crippen molar-refractivity contribution in [3.05, 3.63) is 35.4 Å². The molecule has 4 fully saturated rings. The Morgan fingerprint density at radius 2 is 1.11 bits per heavy atom. The van der Waals surface area contributed by atoms with E-state index in [1.54, 1.807) is 24.3 Å². The van der Waals surface area contributed by atoms with Crippen molar-refractivity contribution in [2.24, 2.45) is 33.5 Å². The third-order valence-electron chi connectivity index (χ3n) is 11.8. The van der Waals surface area contributed by atoms with Crippen LogP contribution in [0.5, 0.6) is 0 Å². The molecular formula is C28H44N2O6S2. The van der Waals surface area contributed by atoms with Crippen molar-refractivity contribution in [2.45, 2.75) is 91.5 Å². The number of hydrogen-bond donors (Lipinski definition) is 4. The third kappa shape index (κ3) is 4.38. The van der Waals surface area contributed by atoms with E-state index in [2.05, 4.69) is 37.1 Å². The summed E-state index contributed by atoms with van der Waals surface area (Å²) in [5.41, 5.74) is -0.361. The van der Waals surface area contributed by atoms with Gasteiger partial charge in [0.15, 0.2) is 0 Å². The van der Waals surface area contributed by atoms with Crippen LogP contribution in [0.1, 0.15) is 77.3 Å². The van der Waals surface area contributed by atoms with Crippen LogP contribution in [-0.4, -0.2) is 50.8 Å². The minimum Gasteiger partial charge on any atom is -0.392 e. The summed E-state index contributed by atoms with van der Waals surface area (Å²) in [6.07, 6.45) is 3.37. The lowest BCUT2D eigenvalue weighted by Gasteiger charge is -2.40. The Labute approximate surface area is 228 Å². The molecule has 1 aromatic carbocycles. The van der Waals surface area contributed by atoms with Gasteiger partial charge >= 0.3 is 0 Å². The van der Waals surface area contributed by atoms with Crippen molar-refractivity contribution < 1.29 is 27.0 Å². The van der Waals surface area contributed by atoms with Crippen LogP contribution in [0.3, 0.4) is 0 Å². The lowest BCUT2D eigenvalue weighted by atomic mass is 9.70. The number of fused-ring (bicyclic) bond motifs is 4. The quantitative estimate of drug-likeness (QED) is 0.343. The van der Waals surface area contributed by atoms with Gasteiger partial charge in [0.25, 0.3) is 0 Å². The number of nitrogens with one attached hydrogen (secondary N) is 2. The van der Waals surface area contributed by atoms with E-state index in [0.29, 0.717) is 48.6 Å². The molecule has 4 aliphatic carbocycles. The molecule has 4 bridgehead atoms. The van der Waals surface area contributed by atoms with E-state index in [-0.39, 0.29) is 35.4 Å². The van der Waals surface area contributed by atoms with Gasteiger partial charge in [0.05, 0.1) is 23.7 Å². The van der Waals surface area contributed by atoms with Crippen LogP contribution in [0.25, 0.3) is 0 Å². The highest BCUT2D eigenvalue weighted by atomic mass is 32.2. The molecule has 214 valence electrons. The van der Waals surface area contributed by atoms with Crippen molar-refractivity contribution in [3.63, 3.8) is 0 Å².